The summed E-state index contributed by atoms with van der Waals surface area (Å²) in [6.45, 7) is 18.9. The molecule has 0 aliphatic carbocycles. The summed E-state index contributed by atoms with van der Waals surface area (Å²) in [5, 5.41) is 13.4. The second-order valence-electron chi connectivity index (χ2n) is 14.7. The summed E-state index contributed by atoms with van der Waals surface area (Å²) in [4.78, 5) is 0. The van der Waals surface area contributed by atoms with Crippen molar-refractivity contribution in [2.75, 3.05) is 0 Å². The standard InChI is InChI=1S/C24H17.C21H25.2CH3.Si.Zr/c1-16-13-14-17-8-6-12-22(24(16)17)23-15-18-7-2-3-9-19(18)20-10-4-5-11-21(20)23;1-20(2,3)16-7-9-18-14(12-16)11-15-13-17(21(4,5)6)8-10-19(15)18;;;;/h2-15H,1H3;7-13H,1-6H3;2*1H3;;/q4*-1;;. The first-order valence-electron chi connectivity index (χ1n) is 16.4. The number of fused-ring (bicyclic) bond motifs is 7. The minimum atomic E-state index is 0. The van der Waals surface area contributed by atoms with Crippen LogP contribution in [0.2, 0.25) is 0 Å². The predicted molar refractivity (Wildman–Crippen MR) is 218 cm³/mol. The summed E-state index contributed by atoms with van der Waals surface area (Å²) in [6.07, 6.45) is 0. The van der Waals surface area contributed by atoms with E-state index in [9.17, 15) is 0 Å². The molecule has 0 spiro atoms. The number of hydrogen-bond acceptors (Lipinski definition) is 0. The van der Waals surface area contributed by atoms with Gasteiger partial charge in [0, 0.05) is 0 Å². The summed E-state index contributed by atoms with van der Waals surface area (Å²) < 4.78 is 0. The molecule has 0 aliphatic rings. The van der Waals surface area contributed by atoms with Gasteiger partial charge in [0.25, 0.3) is 0 Å². The van der Waals surface area contributed by atoms with Crippen molar-refractivity contribution in [3.8, 4) is 11.1 Å². The van der Waals surface area contributed by atoms with Crippen molar-refractivity contribution in [1.29, 1.82) is 0 Å². The van der Waals surface area contributed by atoms with Gasteiger partial charge in [0.05, 0.1) is 0 Å². The van der Waals surface area contributed by atoms with E-state index in [0.29, 0.717) is 0 Å². The fourth-order valence-corrected chi connectivity index (χ4v) is 6.90. The SMILES string of the molecule is CC(C)(C)c1ccc2c(c1)[cH-]c1cc(C(C)(C)C)ccc12.Cc1c[cH-]c2cccc(-c3cc4ccccc4c4ccccc34)c12.[CH3-].[CH3-].[Si]=[Zr]. The maximum absolute atomic E-state index is 3.06. The third kappa shape index (κ3) is 7.47. The van der Waals surface area contributed by atoms with Gasteiger partial charge in [-0.1, -0.05) is 144 Å². The molecule has 8 rings (SSSR count). The summed E-state index contributed by atoms with van der Waals surface area (Å²) in [5.74, 6) is 0. The van der Waals surface area contributed by atoms with Crippen LogP contribution in [0.15, 0.2) is 127 Å². The molecule has 2 heteroatoms. The molecule has 248 valence electrons. The van der Waals surface area contributed by atoms with E-state index in [2.05, 4.69) is 183 Å². The van der Waals surface area contributed by atoms with Crippen LogP contribution in [-0.4, -0.2) is 6.88 Å². The molecule has 0 unspecified atom stereocenters. The fraction of sp³-hybridized carbons (Fsp3) is 0.191. The van der Waals surface area contributed by atoms with E-state index in [4.69, 9.17) is 0 Å². The molecule has 8 aromatic carbocycles. The maximum atomic E-state index is 3.06. The summed E-state index contributed by atoms with van der Waals surface area (Å²) >= 11 is 1.36. The van der Waals surface area contributed by atoms with Crippen LogP contribution in [0.25, 0.3) is 65.0 Å². The molecule has 0 aromatic heterocycles. The van der Waals surface area contributed by atoms with Crippen molar-refractivity contribution in [2.24, 2.45) is 0 Å². The Morgan fingerprint density at radius 3 is 1.61 bits per heavy atom. The zero-order valence-corrected chi connectivity index (χ0v) is 34.1. The van der Waals surface area contributed by atoms with Crippen molar-refractivity contribution >= 4 is 60.7 Å². The molecular weight excluding hydrogens is 684 g/mol. The molecular formula is C47H48SiZr-4. The minimum absolute atomic E-state index is 0. The monoisotopic (exact) mass is 730 g/mol. The van der Waals surface area contributed by atoms with Gasteiger partial charge in [0.2, 0.25) is 0 Å². The number of benzene rings is 6. The van der Waals surface area contributed by atoms with Gasteiger partial charge in [-0.3, -0.25) is 0 Å². The van der Waals surface area contributed by atoms with Crippen molar-refractivity contribution in [2.45, 2.75) is 59.3 Å². The van der Waals surface area contributed by atoms with Gasteiger partial charge in [-0.2, -0.15) is 11.6 Å². The van der Waals surface area contributed by atoms with Gasteiger partial charge < -0.3 is 14.9 Å². The zero-order chi connectivity index (χ0) is 33.5. The van der Waals surface area contributed by atoms with Gasteiger partial charge in [-0.15, -0.1) is 68.7 Å². The molecule has 0 saturated carbocycles. The molecule has 0 nitrogen and oxygen atoms in total. The molecule has 0 fully saturated rings. The Kier molecular flexibility index (Phi) is 11.8. The van der Waals surface area contributed by atoms with E-state index in [-0.39, 0.29) is 25.7 Å². The Morgan fingerprint density at radius 2 is 1.04 bits per heavy atom. The van der Waals surface area contributed by atoms with Crippen LogP contribution in [0.5, 0.6) is 0 Å². The van der Waals surface area contributed by atoms with Crippen LogP contribution in [0.4, 0.5) is 0 Å². The first-order chi connectivity index (χ1) is 22.5. The molecule has 0 saturated heterocycles. The number of aryl methyl sites for hydroxylation is 1. The van der Waals surface area contributed by atoms with E-state index >= 15 is 0 Å². The Hall–Kier alpha value is -3.58. The van der Waals surface area contributed by atoms with Gasteiger partial charge in [0.15, 0.2) is 0 Å². The van der Waals surface area contributed by atoms with Crippen molar-refractivity contribution in [3.63, 3.8) is 0 Å². The van der Waals surface area contributed by atoms with E-state index in [1.165, 1.54) is 105 Å². The molecule has 49 heavy (non-hydrogen) atoms. The average Bonchev–Trinajstić information content (AvgIpc) is 3.64. The molecule has 8 aromatic rings. The normalized spacial score (nSPS) is 11.4. The quantitative estimate of drug-likeness (QED) is 0.0896. The second kappa shape index (κ2) is 15.1. The topological polar surface area (TPSA) is 0 Å². The van der Waals surface area contributed by atoms with E-state index in [1.807, 2.05) is 0 Å². The van der Waals surface area contributed by atoms with E-state index < -0.39 is 0 Å². The Labute approximate surface area is 311 Å². The zero-order valence-electron chi connectivity index (χ0n) is 30.6. The number of rotatable bonds is 1. The van der Waals surface area contributed by atoms with E-state index in [0.717, 1.165) is 0 Å². The molecule has 0 N–H and O–H groups in total. The Bertz CT molecular complexity index is 2300. The van der Waals surface area contributed by atoms with Crippen molar-refractivity contribution < 1.29 is 23.3 Å². The third-order valence-corrected chi connectivity index (χ3v) is 9.50. The molecule has 0 heterocycles. The van der Waals surface area contributed by atoms with Crippen LogP contribution >= 0.6 is 0 Å². The molecule has 2 radical (unpaired) electrons. The second-order valence-corrected chi connectivity index (χ2v) is 14.7. The van der Waals surface area contributed by atoms with Crippen LogP contribution in [0.1, 0.15) is 58.2 Å². The van der Waals surface area contributed by atoms with Crippen molar-refractivity contribution in [3.05, 3.63) is 159 Å². The van der Waals surface area contributed by atoms with Gasteiger partial charge in [-0.05, 0) is 44.0 Å². The van der Waals surface area contributed by atoms with Gasteiger partial charge in [0.1, 0.15) is 0 Å². The van der Waals surface area contributed by atoms with Crippen LogP contribution in [-0.2, 0) is 34.2 Å². The first kappa shape index (κ1) is 38.2. The molecule has 0 aliphatic heterocycles. The molecule has 0 amide bonds. The van der Waals surface area contributed by atoms with Crippen LogP contribution < -0.4 is 0 Å². The average molecular weight is 732 g/mol. The van der Waals surface area contributed by atoms with Crippen molar-refractivity contribution in [1.82, 2.24) is 0 Å². The first-order valence-corrected chi connectivity index (χ1v) is 20.6. The predicted octanol–water partition coefficient (Wildman–Crippen LogP) is 13.7. The van der Waals surface area contributed by atoms with Gasteiger partial charge in [-0.25, -0.2) is 0 Å². The molecule has 0 bridgehead atoms. The summed E-state index contributed by atoms with van der Waals surface area (Å²) in [5.41, 5.74) is 7.21. The number of hydrogen-bond donors (Lipinski definition) is 0. The third-order valence-electron chi connectivity index (χ3n) is 9.50. The van der Waals surface area contributed by atoms with Crippen LogP contribution in [0.3, 0.4) is 0 Å². The van der Waals surface area contributed by atoms with E-state index in [1.54, 1.807) is 0 Å². The summed E-state index contributed by atoms with van der Waals surface area (Å²) in [7, 11) is 0. The molecule has 0 atom stereocenters. The fourth-order valence-electron chi connectivity index (χ4n) is 6.90. The van der Waals surface area contributed by atoms with Gasteiger partial charge >= 0.3 is 30.2 Å². The Balaban J connectivity index is 0.000000204. The Morgan fingerprint density at radius 1 is 0.510 bits per heavy atom. The van der Waals surface area contributed by atoms with Crippen LogP contribution in [0, 0.1) is 21.8 Å². The summed E-state index contributed by atoms with van der Waals surface area (Å²) in [6, 6.07) is 47.0.